The van der Waals surface area contributed by atoms with Crippen LogP contribution in [0.1, 0.15) is 25.3 Å². The summed E-state index contributed by atoms with van der Waals surface area (Å²) < 4.78 is 13.9. The monoisotopic (exact) mass is 497 g/mol. The van der Waals surface area contributed by atoms with Gasteiger partial charge < -0.3 is 15.5 Å². The average Bonchev–Trinajstić information content (AvgIpc) is 3.15. The van der Waals surface area contributed by atoms with E-state index in [4.69, 9.17) is 4.99 Å². The molecule has 1 saturated heterocycles. The Morgan fingerprint density at radius 1 is 1.25 bits per heavy atom. The molecule has 7 heteroatoms. The minimum atomic E-state index is -0.264. The van der Waals surface area contributed by atoms with Gasteiger partial charge in [0, 0.05) is 38.4 Å². The third kappa shape index (κ3) is 6.61. The Labute approximate surface area is 183 Å². The van der Waals surface area contributed by atoms with E-state index in [1.165, 1.54) is 11.6 Å². The van der Waals surface area contributed by atoms with E-state index in [-0.39, 0.29) is 35.8 Å². The lowest BCUT2D eigenvalue weighted by Gasteiger charge is -2.20. The van der Waals surface area contributed by atoms with Crippen LogP contribution in [0.4, 0.5) is 10.2 Å². The highest BCUT2D eigenvalue weighted by molar-refractivity contribution is 14.0. The highest BCUT2D eigenvalue weighted by Gasteiger charge is 2.25. The van der Waals surface area contributed by atoms with Crippen LogP contribution < -0.4 is 15.5 Å². The predicted octanol–water partition coefficient (Wildman–Crippen LogP) is 3.61. The molecule has 1 aromatic carbocycles. The first kappa shape index (κ1) is 22.4. The SMILES string of the molecule is CCNC(=NCCCc1ccccc1)NC1CCN(c2ncccc2F)C1.I. The molecule has 28 heavy (non-hydrogen) atoms. The number of hydrogen-bond acceptors (Lipinski definition) is 3. The van der Waals surface area contributed by atoms with E-state index in [2.05, 4.69) is 46.8 Å². The molecular weight excluding hydrogens is 468 g/mol. The fourth-order valence-corrected chi connectivity index (χ4v) is 3.31. The summed E-state index contributed by atoms with van der Waals surface area (Å²) in [6.45, 7) is 5.16. The number of guanidine groups is 1. The van der Waals surface area contributed by atoms with Crippen molar-refractivity contribution in [1.82, 2.24) is 15.6 Å². The van der Waals surface area contributed by atoms with Gasteiger partial charge in [0.05, 0.1) is 0 Å². The molecule has 0 aliphatic carbocycles. The van der Waals surface area contributed by atoms with Gasteiger partial charge >= 0.3 is 0 Å². The maximum absolute atomic E-state index is 13.9. The van der Waals surface area contributed by atoms with Gasteiger partial charge in [0.2, 0.25) is 0 Å². The smallest absolute Gasteiger partial charge is 0.191 e. The summed E-state index contributed by atoms with van der Waals surface area (Å²) in [5.41, 5.74) is 1.34. The number of halogens is 2. The van der Waals surface area contributed by atoms with E-state index < -0.39 is 0 Å². The summed E-state index contributed by atoms with van der Waals surface area (Å²) in [6.07, 6.45) is 4.61. The Hall–Kier alpha value is -1.90. The third-order valence-corrected chi connectivity index (χ3v) is 4.65. The molecule has 1 unspecified atom stereocenters. The van der Waals surface area contributed by atoms with E-state index in [9.17, 15) is 4.39 Å². The Bertz CT molecular complexity index is 741. The van der Waals surface area contributed by atoms with Gasteiger partial charge in [0.1, 0.15) is 0 Å². The predicted molar refractivity (Wildman–Crippen MR) is 124 cm³/mol. The number of benzene rings is 1. The van der Waals surface area contributed by atoms with E-state index >= 15 is 0 Å². The van der Waals surface area contributed by atoms with Crippen molar-refractivity contribution in [3.05, 3.63) is 60.0 Å². The Balaban J connectivity index is 0.00000280. The van der Waals surface area contributed by atoms with Gasteiger partial charge in [-0.25, -0.2) is 9.37 Å². The molecule has 0 saturated carbocycles. The Kier molecular flexibility index (Phi) is 9.46. The largest absolute Gasteiger partial charge is 0.357 e. The number of nitrogens with zero attached hydrogens (tertiary/aromatic N) is 3. The maximum Gasteiger partial charge on any atom is 0.191 e. The van der Waals surface area contributed by atoms with Crippen molar-refractivity contribution >= 4 is 35.8 Å². The first-order valence-corrected chi connectivity index (χ1v) is 9.70. The summed E-state index contributed by atoms with van der Waals surface area (Å²) in [7, 11) is 0. The molecule has 1 aliphatic rings. The zero-order valence-electron chi connectivity index (χ0n) is 16.3. The number of rotatable bonds is 7. The first-order chi connectivity index (χ1) is 13.3. The molecule has 1 fully saturated rings. The van der Waals surface area contributed by atoms with Crippen molar-refractivity contribution in [2.45, 2.75) is 32.2 Å². The van der Waals surface area contributed by atoms with Gasteiger partial charge in [0.15, 0.2) is 17.6 Å². The second kappa shape index (κ2) is 11.8. The standard InChI is InChI=1S/C21H28FN5.HI/c1-2-23-21(25-14-6-10-17-8-4-3-5-9-17)26-18-12-15-27(16-18)20-19(22)11-7-13-24-20;/h3-5,7-9,11,13,18H,2,6,10,12,14-16H2,1H3,(H2,23,25,26);1H. The number of hydrogen-bond donors (Lipinski definition) is 2. The van der Waals surface area contributed by atoms with Gasteiger partial charge in [-0.3, -0.25) is 4.99 Å². The highest BCUT2D eigenvalue weighted by atomic mass is 127. The normalized spacial score (nSPS) is 16.6. The van der Waals surface area contributed by atoms with Crippen LogP contribution in [0.5, 0.6) is 0 Å². The van der Waals surface area contributed by atoms with E-state index in [1.54, 1.807) is 12.3 Å². The van der Waals surface area contributed by atoms with Crippen molar-refractivity contribution in [2.75, 3.05) is 31.1 Å². The Morgan fingerprint density at radius 3 is 2.82 bits per heavy atom. The summed E-state index contributed by atoms with van der Waals surface area (Å²) in [5.74, 6) is 1.00. The van der Waals surface area contributed by atoms with Gasteiger partial charge in [-0.1, -0.05) is 30.3 Å². The van der Waals surface area contributed by atoms with Crippen LogP contribution in [0.25, 0.3) is 0 Å². The van der Waals surface area contributed by atoms with Crippen LogP contribution in [-0.2, 0) is 6.42 Å². The first-order valence-electron chi connectivity index (χ1n) is 9.70. The number of aliphatic imine (C=N–C) groups is 1. The molecule has 2 heterocycles. The molecule has 3 rings (SSSR count). The van der Waals surface area contributed by atoms with Crippen LogP contribution in [-0.4, -0.2) is 43.2 Å². The fraction of sp³-hybridized carbons (Fsp3) is 0.429. The average molecular weight is 497 g/mol. The van der Waals surface area contributed by atoms with Gasteiger partial charge in [0.25, 0.3) is 0 Å². The van der Waals surface area contributed by atoms with Gasteiger partial charge in [-0.15, -0.1) is 24.0 Å². The summed E-state index contributed by atoms with van der Waals surface area (Å²) in [4.78, 5) is 10.9. The zero-order chi connectivity index (χ0) is 18.9. The van der Waals surface area contributed by atoms with E-state index in [0.717, 1.165) is 51.4 Å². The number of nitrogens with one attached hydrogen (secondary N) is 2. The fourth-order valence-electron chi connectivity index (χ4n) is 3.31. The molecule has 2 aromatic rings. The summed E-state index contributed by atoms with van der Waals surface area (Å²) >= 11 is 0. The molecular formula is C21H29FIN5. The second-order valence-corrected chi connectivity index (χ2v) is 6.73. The highest BCUT2D eigenvalue weighted by Crippen LogP contribution is 2.20. The van der Waals surface area contributed by atoms with Crippen LogP contribution in [0.15, 0.2) is 53.7 Å². The van der Waals surface area contributed by atoms with Crippen LogP contribution in [0.2, 0.25) is 0 Å². The number of anilines is 1. The van der Waals surface area contributed by atoms with Crippen molar-refractivity contribution in [3.63, 3.8) is 0 Å². The molecule has 0 spiro atoms. The molecule has 0 bridgehead atoms. The maximum atomic E-state index is 13.9. The van der Waals surface area contributed by atoms with Crippen LogP contribution >= 0.6 is 24.0 Å². The van der Waals surface area contributed by atoms with Crippen molar-refractivity contribution in [2.24, 2.45) is 4.99 Å². The topological polar surface area (TPSA) is 52.6 Å². The van der Waals surface area contributed by atoms with Crippen molar-refractivity contribution in [1.29, 1.82) is 0 Å². The number of pyridine rings is 1. The molecule has 1 aromatic heterocycles. The lowest BCUT2D eigenvalue weighted by atomic mass is 10.1. The quantitative estimate of drug-likeness (QED) is 0.266. The van der Waals surface area contributed by atoms with E-state index in [1.807, 2.05) is 11.0 Å². The Morgan fingerprint density at radius 2 is 2.07 bits per heavy atom. The minimum absolute atomic E-state index is 0. The minimum Gasteiger partial charge on any atom is -0.357 e. The summed E-state index contributed by atoms with van der Waals surface area (Å²) in [5, 5.41) is 6.79. The van der Waals surface area contributed by atoms with Gasteiger partial charge in [-0.05, 0) is 43.9 Å². The lowest BCUT2D eigenvalue weighted by molar-refractivity contribution is 0.612. The molecule has 152 valence electrons. The second-order valence-electron chi connectivity index (χ2n) is 6.73. The lowest BCUT2D eigenvalue weighted by Crippen LogP contribution is -2.44. The van der Waals surface area contributed by atoms with Crippen molar-refractivity contribution < 1.29 is 4.39 Å². The van der Waals surface area contributed by atoms with Crippen LogP contribution in [0, 0.1) is 5.82 Å². The molecule has 0 amide bonds. The van der Waals surface area contributed by atoms with Crippen LogP contribution in [0.3, 0.4) is 0 Å². The van der Waals surface area contributed by atoms with E-state index in [0.29, 0.717) is 5.82 Å². The molecule has 0 radical (unpaired) electrons. The number of aromatic nitrogens is 1. The zero-order valence-corrected chi connectivity index (χ0v) is 18.6. The molecule has 1 aliphatic heterocycles. The van der Waals surface area contributed by atoms with Crippen molar-refractivity contribution in [3.8, 4) is 0 Å². The summed E-state index contributed by atoms with van der Waals surface area (Å²) in [6, 6.07) is 13.8. The molecule has 2 N–H and O–H groups in total. The third-order valence-electron chi connectivity index (χ3n) is 4.65. The molecule has 5 nitrogen and oxygen atoms in total. The number of aryl methyl sites for hydroxylation is 1. The molecule has 1 atom stereocenters. The van der Waals surface area contributed by atoms with Gasteiger partial charge in [-0.2, -0.15) is 0 Å².